The van der Waals surface area contributed by atoms with Crippen LogP contribution in [0.25, 0.3) is 0 Å². The highest BCUT2D eigenvalue weighted by molar-refractivity contribution is 4.84. The molecule has 17 heavy (non-hydrogen) atoms. The summed E-state index contributed by atoms with van der Waals surface area (Å²) in [7, 11) is 0. The SMILES string of the molecule is CCOC(C(N)CCCC(F)(F)F)C(C)(C)C. The molecule has 0 rings (SSSR count). The monoisotopic (exact) mass is 255 g/mol. The van der Waals surface area contributed by atoms with Crippen LogP contribution >= 0.6 is 0 Å². The Morgan fingerprint density at radius 3 is 2.06 bits per heavy atom. The molecule has 2 atom stereocenters. The van der Waals surface area contributed by atoms with Crippen LogP contribution in [0.15, 0.2) is 0 Å². The topological polar surface area (TPSA) is 35.2 Å². The van der Waals surface area contributed by atoms with Gasteiger partial charge in [-0.15, -0.1) is 0 Å². The Morgan fingerprint density at radius 1 is 1.18 bits per heavy atom. The minimum absolute atomic E-state index is 0.0598. The predicted octanol–water partition coefficient (Wildman–Crippen LogP) is 3.50. The molecule has 0 aliphatic heterocycles. The van der Waals surface area contributed by atoms with Crippen LogP contribution < -0.4 is 5.73 Å². The molecule has 0 heterocycles. The van der Waals surface area contributed by atoms with Gasteiger partial charge in [0.1, 0.15) is 0 Å². The van der Waals surface area contributed by atoms with Crippen molar-refractivity contribution in [2.24, 2.45) is 11.1 Å². The Labute approximate surface area is 102 Å². The van der Waals surface area contributed by atoms with E-state index in [1.54, 1.807) is 0 Å². The zero-order valence-electron chi connectivity index (χ0n) is 11.1. The average Bonchev–Trinajstić information content (AvgIpc) is 2.09. The first kappa shape index (κ1) is 16.7. The molecule has 0 aliphatic carbocycles. The zero-order chi connectivity index (χ0) is 13.7. The summed E-state index contributed by atoms with van der Waals surface area (Å²) in [6.07, 6.45) is -4.68. The molecule has 0 aromatic heterocycles. The Hall–Kier alpha value is -0.290. The molecule has 2 unspecified atom stereocenters. The fourth-order valence-corrected chi connectivity index (χ4v) is 1.88. The molecule has 0 amide bonds. The number of nitrogens with two attached hydrogens (primary N) is 1. The Bertz CT molecular complexity index is 211. The smallest absolute Gasteiger partial charge is 0.376 e. The Balaban J connectivity index is 4.20. The summed E-state index contributed by atoms with van der Waals surface area (Å²) in [6, 6.07) is -0.350. The highest BCUT2D eigenvalue weighted by atomic mass is 19.4. The second-order valence-corrected chi connectivity index (χ2v) is 5.41. The number of rotatable bonds is 6. The van der Waals surface area contributed by atoms with Gasteiger partial charge < -0.3 is 10.5 Å². The van der Waals surface area contributed by atoms with Crippen LogP contribution in [0.3, 0.4) is 0 Å². The van der Waals surface area contributed by atoms with Crippen molar-refractivity contribution in [2.45, 2.75) is 65.3 Å². The van der Waals surface area contributed by atoms with Gasteiger partial charge in [-0.1, -0.05) is 20.8 Å². The lowest BCUT2D eigenvalue weighted by atomic mass is 9.83. The van der Waals surface area contributed by atoms with Crippen molar-refractivity contribution in [2.75, 3.05) is 6.61 Å². The summed E-state index contributed by atoms with van der Waals surface area (Å²) in [4.78, 5) is 0. The lowest BCUT2D eigenvalue weighted by Gasteiger charge is -2.35. The molecule has 2 nitrogen and oxygen atoms in total. The first-order chi connectivity index (χ1) is 7.58. The highest BCUT2D eigenvalue weighted by Gasteiger charge is 2.32. The molecule has 0 saturated carbocycles. The van der Waals surface area contributed by atoms with Crippen LogP contribution in [0.1, 0.15) is 47.0 Å². The van der Waals surface area contributed by atoms with E-state index in [9.17, 15) is 13.2 Å². The van der Waals surface area contributed by atoms with E-state index in [4.69, 9.17) is 10.5 Å². The first-order valence-corrected chi connectivity index (χ1v) is 6.02. The summed E-state index contributed by atoms with van der Waals surface area (Å²) < 4.78 is 41.6. The van der Waals surface area contributed by atoms with Gasteiger partial charge in [0.15, 0.2) is 0 Å². The van der Waals surface area contributed by atoms with Gasteiger partial charge in [-0.25, -0.2) is 0 Å². The van der Waals surface area contributed by atoms with Crippen LogP contribution in [0.2, 0.25) is 0 Å². The minimum Gasteiger partial charge on any atom is -0.376 e. The predicted molar refractivity (Wildman–Crippen MR) is 62.8 cm³/mol. The van der Waals surface area contributed by atoms with Gasteiger partial charge in [-0.05, 0) is 25.2 Å². The van der Waals surface area contributed by atoms with Gasteiger partial charge >= 0.3 is 6.18 Å². The second kappa shape index (κ2) is 6.59. The van der Waals surface area contributed by atoms with Crippen LogP contribution in [0.5, 0.6) is 0 Å². The number of hydrogen-bond acceptors (Lipinski definition) is 2. The normalized spacial score (nSPS) is 16.9. The van der Waals surface area contributed by atoms with Crippen molar-refractivity contribution in [1.29, 1.82) is 0 Å². The van der Waals surface area contributed by atoms with Crippen LogP contribution in [0.4, 0.5) is 13.2 Å². The van der Waals surface area contributed by atoms with E-state index < -0.39 is 12.6 Å². The molecule has 0 spiro atoms. The molecule has 2 N–H and O–H groups in total. The van der Waals surface area contributed by atoms with Crippen LogP contribution in [-0.2, 0) is 4.74 Å². The Kier molecular flexibility index (Phi) is 6.48. The van der Waals surface area contributed by atoms with E-state index in [-0.39, 0.29) is 24.0 Å². The van der Waals surface area contributed by atoms with Crippen molar-refractivity contribution in [1.82, 2.24) is 0 Å². The third-order valence-electron chi connectivity index (χ3n) is 2.59. The van der Waals surface area contributed by atoms with E-state index in [1.807, 2.05) is 27.7 Å². The third kappa shape index (κ3) is 7.60. The number of halogens is 3. The number of ether oxygens (including phenoxy) is 1. The number of alkyl halides is 3. The highest BCUT2D eigenvalue weighted by Crippen LogP contribution is 2.28. The van der Waals surface area contributed by atoms with Gasteiger partial charge in [0.25, 0.3) is 0 Å². The molecule has 0 saturated heterocycles. The largest absolute Gasteiger partial charge is 0.389 e. The van der Waals surface area contributed by atoms with Crippen molar-refractivity contribution < 1.29 is 17.9 Å². The van der Waals surface area contributed by atoms with E-state index in [0.29, 0.717) is 13.0 Å². The van der Waals surface area contributed by atoms with Crippen LogP contribution in [-0.4, -0.2) is 24.9 Å². The minimum atomic E-state index is -4.09. The molecular formula is C12H24F3NO. The van der Waals surface area contributed by atoms with Crippen molar-refractivity contribution in [3.8, 4) is 0 Å². The maximum Gasteiger partial charge on any atom is 0.389 e. The molecule has 0 radical (unpaired) electrons. The summed E-state index contributed by atoms with van der Waals surface area (Å²) in [5, 5.41) is 0. The summed E-state index contributed by atoms with van der Waals surface area (Å²) >= 11 is 0. The molecule has 0 aliphatic rings. The summed E-state index contributed by atoms with van der Waals surface area (Å²) in [6.45, 7) is 8.33. The fraction of sp³-hybridized carbons (Fsp3) is 1.00. The molecular weight excluding hydrogens is 231 g/mol. The lowest BCUT2D eigenvalue weighted by Crippen LogP contribution is -2.45. The fourth-order valence-electron chi connectivity index (χ4n) is 1.88. The first-order valence-electron chi connectivity index (χ1n) is 6.02. The van der Waals surface area contributed by atoms with Crippen molar-refractivity contribution in [3.63, 3.8) is 0 Å². The average molecular weight is 255 g/mol. The van der Waals surface area contributed by atoms with Gasteiger partial charge in [0.05, 0.1) is 6.10 Å². The van der Waals surface area contributed by atoms with Crippen molar-refractivity contribution in [3.05, 3.63) is 0 Å². The van der Waals surface area contributed by atoms with Crippen LogP contribution in [0, 0.1) is 5.41 Å². The van der Waals surface area contributed by atoms with Gasteiger partial charge in [-0.3, -0.25) is 0 Å². The lowest BCUT2D eigenvalue weighted by molar-refractivity contribution is -0.136. The number of hydrogen-bond donors (Lipinski definition) is 1. The molecule has 0 bridgehead atoms. The standard InChI is InChI=1S/C12H24F3NO/c1-5-17-10(11(2,3)4)9(16)7-6-8-12(13,14)15/h9-10H,5-8,16H2,1-4H3. The van der Waals surface area contributed by atoms with Gasteiger partial charge in [-0.2, -0.15) is 13.2 Å². The van der Waals surface area contributed by atoms with E-state index in [0.717, 1.165) is 0 Å². The third-order valence-corrected chi connectivity index (χ3v) is 2.59. The van der Waals surface area contributed by atoms with Gasteiger partial charge in [0, 0.05) is 19.1 Å². The van der Waals surface area contributed by atoms with Crippen molar-refractivity contribution >= 4 is 0 Å². The molecule has 0 aromatic carbocycles. The van der Waals surface area contributed by atoms with E-state index in [2.05, 4.69) is 0 Å². The molecule has 5 heteroatoms. The second-order valence-electron chi connectivity index (χ2n) is 5.41. The summed E-state index contributed by atoms with van der Waals surface area (Å²) in [5.74, 6) is 0. The quantitative estimate of drug-likeness (QED) is 0.788. The maximum atomic E-state index is 12.0. The zero-order valence-corrected chi connectivity index (χ0v) is 11.1. The molecule has 104 valence electrons. The van der Waals surface area contributed by atoms with E-state index >= 15 is 0 Å². The van der Waals surface area contributed by atoms with Gasteiger partial charge in [0.2, 0.25) is 0 Å². The van der Waals surface area contributed by atoms with E-state index in [1.165, 1.54) is 0 Å². The summed E-state index contributed by atoms with van der Waals surface area (Å²) in [5.41, 5.74) is 5.77. The maximum absolute atomic E-state index is 12.0. The molecule has 0 fully saturated rings. The molecule has 0 aromatic rings. The Morgan fingerprint density at radius 2 is 1.71 bits per heavy atom.